The molecule has 1 aromatic carbocycles. The minimum Gasteiger partial charge on any atom is -0.313 e. The van der Waals surface area contributed by atoms with Crippen LogP contribution in [0, 0.1) is 0 Å². The van der Waals surface area contributed by atoms with Gasteiger partial charge in [-0.05, 0) is 36.7 Å². The zero-order valence-electron chi connectivity index (χ0n) is 7.69. The maximum atomic E-state index is 11.8. The maximum absolute atomic E-state index is 11.8. The van der Waals surface area contributed by atoms with Crippen molar-refractivity contribution in [1.29, 1.82) is 0 Å². The van der Waals surface area contributed by atoms with Gasteiger partial charge in [0.15, 0.2) is 0 Å². The fourth-order valence-corrected chi connectivity index (χ4v) is 1.47. The Kier molecular flexibility index (Phi) is 5.23. The fourth-order valence-electron chi connectivity index (χ4n) is 1.09. The first-order valence-corrected chi connectivity index (χ1v) is 5.20. The van der Waals surface area contributed by atoms with Crippen LogP contribution in [0.3, 0.4) is 0 Å². The largest absolute Gasteiger partial charge is 0.313 e. The molecule has 0 bridgehead atoms. The number of rotatable bonds is 5. The van der Waals surface area contributed by atoms with Crippen molar-refractivity contribution >= 4 is 23.2 Å². The van der Waals surface area contributed by atoms with Crippen LogP contribution in [0.1, 0.15) is 12.0 Å². The molecule has 78 valence electrons. The Hall–Kier alpha value is -0.310. The molecule has 0 fully saturated rings. The van der Waals surface area contributed by atoms with Gasteiger partial charge in [0.2, 0.25) is 0 Å². The summed E-state index contributed by atoms with van der Waals surface area (Å²) in [5.74, 6) is 0. The summed E-state index contributed by atoms with van der Waals surface area (Å²) in [7, 11) is 0. The van der Waals surface area contributed by atoms with Crippen LogP contribution in [-0.2, 0) is 6.54 Å². The SMILES string of the molecule is FCCCNCc1cc(Cl)ccc1Cl. The highest BCUT2D eigenvalue weighted by Crippen LogP contribution is 2.20. The molecule has 0 aliphatic rings. The number of nitrogens with one attached hydrogen (secondary N) is 1. The van der Waals surface area contributed by atoms with Crippen molar-refractivity contribution in [3.05, 3.63) is 33.8 Å². The van der Waals surface area contributed by atoms with E-state index in [4.69, 9.17) is 23.2 Å². The van der Waals surface area contributed by atoms with E-state index in [1.165, 1.54) is 0 Å². The number of alkyl halides is 1. The Morgan fingerprint density at radius 3 is 2.79 bits per heavy atom. The summed E-state index contributed by atoms with van der Waals surface area (Å²) in [5.41, 5.74) is 0.943. The first-order valence-electron chi connectivity index (χ1n) is 4.44. The van der Waals surface area contributed by atoms with Gasteiger partial charge < -0.3 is 5.32 Å². The molecule has 0 radical (unpaired) electrons. The summed E-state index contributed by atoms with van der Waals surface area (Å²) >= 11 is 11.7. The summed E-state index contributed by atoms with van der Waals surface area (Å²) in [6.07, 6.45) is 0.526. The molecule has 0 aliphatic heterocycles. The third-order valence-electron chi connectivity index (χ3n) is 1.81. The molecule has 0 heterocycles. The maximum Gasteiger partial charge on any atom is 0.0906 e. The normalized spacial score (nSPS) is 10.5. The van der Waals surface area contributed by atoms with Crippen molar-refractivity contribution in [3.63, 3.8) is 0 Å². The molecule has 1 nitrogen and oxygen atoms in total. The van der Waals surface area contributed by atoms with Gasteiger partial charge >= 0.3 is 0 Å². The van der Waals surface area contributed by atoms with Crippen LogP contribution >= 0.6 is 23.2 Å². The second kappa shape index (κ2) is 6.23. The van der Waals surface area contributed by atoms with Gasteiger partial charge in [0.05, 0.1) is 6.67 Å². The Bertz CT molecular complexity index is 291. The van der Waals surface area contributed by atoms with Crippen LogP contribution in [-0.4, -0.2) is 13.2 Å². The Labute approximate surface area is 93.2 Å². The molecule has 1 N–H and O–H groups in total. The summed E-state index contributed by atoms with van der Waals surface area (Å²) < 4.78 is 11.8. The van der Waals surface area contributed by atoms with Crippen LogP contribution < -0.4 is 5.32 Å². The van der Waals surface area contributed by atoms with E-state index < -0.39 is 0 Å². The summed E-state index contributed by atoms with van der Waals surface area (Å²) in [4.78, 5) is 0. The van der Waals surface area contributed by atoms with E-state index in [1.807, 2.05) is 6.07 Å². The smallest absolute Gasteiger partial charge is 0.0906 e. The summed E-state index contributed by atoms with van der Waals surface area (Å²) in [6.45, 7) is 0.981. The van der Waals surface area contributed by atoms with E-state index in [-0.39, 0.29) is 6.67 Å². The summed E-state index contributed by atoms with van der Waals surface area (Å²) in [6, 6.07) is 5.32. The molecule has 0 spiro atoms. The minimum absolute atomic E-state index is 0.295. The van der Waals surface area contributed by atoms with Gasteiger partial charge in [-0.2, -0.15) is 0 Å². The van der Waals surface area contributed by atoms with Crippen LogP contribution in [0.5, 0.6) is 0 Å². The van der Waals surface area contributed by atoms with Crippen molar-refractivity contribution in [3.8, 4) is 0 Å². The van der Waals surface area contributed by atoms with E-state index in [0.717, 1.165) is 5.56 Å². The standard InChI is InChI=1S/C10H12Cl2FN/c11-9-2-3-10(12)8(6-9)7-14-5-1-4-13/h2-3,6,14H,1,4-5,7H2. The van der Waals surface area contributed by atoms with E-state index >= 15 is 0 Å². The van der Waals surface area contributed by atoms with Crippen LogP contribution in [0.15, 0.2) is 18.2 Å². The fraction of sp³-hybridized carbons (Fsp3) is 0.400. The molecule has 0 saturated heterocycles. The topological polar surface area (TPSA) is 12.0 Å². The molecule has 0 aliphatic carbocycles. The molecule has 0 saturated carbocycles. The zero-order valence-corrected chi connectivity index (χ0v) is 9.21. The van der Waals surface area contributed by atoms with E-state index in [9.17, 15) is 4.39 Å². The Morgan fingerprint density at radius 1 is 1.29 bits per heavy atom. The third kappa shape index (κ3) is 3.82. The molecule has 0 unspecified atom stereocenters. The molecule has 0 amide bonds. The molecule has 0 aromatic heterocycles. The predicted molar refractivity (Wildman–Crippen MR) is 58.8 cm³/mol. The lowest BCUT2D eigenvalue weighted by atomic mass is 10.2. The van der Waals surface area contributed by atoms with Gasteiger partial charge in [-0.25, -0.2) is 0 Å². The quantitative estimate of drug-likeness (QED) is 0.772. The first-order chi connectivity index (χ1) is 6.74. The predicted octanol–water partition coefficient (Wildman–Crippen LogP) is 3.44. The van der Waals surface area contributed by atoms with E-state index in [2.05, 4.69) is 5.32 Å². The van der Waals surface area contributed by atoms with Gasteiger partial charge in [-0.15, -0.1) is 0 Å². The zero-order chi connectivity index (χ0) is 10.4. The highest BCUT2D eigenvalue weighted by atomic mass is 35.5. The van der Waals surface area contributed by atoms with Crippen molar-refractivity contribution in [2.75, 3.05) is 13.2 Å². The molecule has 1 rings (SSSR count). The third-order valence-corrected chi connectivity index (χ3v) is 2.41. The summed E-state index contributed by atoms with van der Waals surface area (Å²) in [5, 5.41) is 4.43. The van der Waals surface area contributed by atoms with Gasteiger partial charge in [0.1, 0.15) is 0 Å². The van der Waals surface area contributed by atoms with Gasteiger partial charge in [0, 0.05) is 16.6 Å². The molecule has 4 heteroatoms. The second-order valence-electron chi connectivity index (χ2n) is 2.96. The van der Waals surface area contributed by atoms with Crippen LogP contribution in [0.25, 0.3) is 0 Å². The molecule has 0 atom stereocenters. The van der Waals surface area contributed by atoms with E-state index in [1.54, 1.807) is 12.1 Å². The lowest BCUT2D eigenvalue weighted by Gasteiger charge is -2.05. The molecular formula is C10H12Cl2FN. The monoisotopic (exact) mass is 235 g/mol. The van der Waals surface area contributed by atoms with Crippen molar-refractivity contribution in [2.24, 2.45) is 0 Å². The molecular weight excluding hydrogens is 224 g/mol. The van der Waals surface area contributed by atoms with Crippen molar-refractivity contribution in [2.45, 2.75) is 13.0 Å². The number of halogens is 3. The Balaban J connectivity index is 2.45. The second-order valence-corrected chi connectivity index (χ2v) is 3.80. The first kappa shape index (κ1) is 11.8. The average molecular weight is 236 g/mol. The molecule has 14 heavy (non-hydrogen) atoms. The van der Waals surface area contributed by atoms with Crippen LogP contribution in [0.4, 0.5) is 4.39 Å². The van der Waals surface area contributed by atoms with Crippen LogP contribution in [0.2, 0.25) is 10.0 Å². The lowest BCUT2D eigenvalue weighted by molar-refractivity contribution is 0.459. The highest BCUT2D eigenvalue weighted by Gasteiger charge is 2.00. The van der Waals surface area contributed by atoms with Gasteiger partial charge in [-0.3, -0.25) is 4.39 Å². The van der Waals surface area contributed by atoms with Gasteiger partial charge in [-0.1, -0.05) is 23.2 Å². The molecule has 1 aromatic rings. The highest BCUT2D eigenvalue weighted by molar-refractivity contribution is 6.33. The average Bonchev–Trinajstić information content (AvgIpc) is 2.18. The van der Waals surface area contributed by atoms with Crippen molar-refractivity contribution < 1.29 is 4.39 Å². The lowest BCUT2D eigenvalue weighted by Crippen LogP contribution is -2.15. The Morgan fingerprint density at radius 2 is 2.07 bits per heavy atom. The van der Waals surface area contributed by atoms with E-state index in [0.29, 0.717) is 29.6 Å². The minimum atomic E-state index is -0.295. The van der Waals surface area contributed by atoms with Crippen molar-refractivity contribution in [1.82, 2.24) is 5.32 Å². The van der Waals surface area contributed by atoms with Gasteiger partial charge in [0.25, 0.3) is 0 Å². The number of hydrogen-bond acceptors (Lipinski definition) is 1. The number of hydrogen-bond donors (Lipinski definition) is 1. The number of benzene rings is 1.